The molecule has 2 saturated heterocycles. The molecule has 1 aromatic carbocycles. The van der Waals surface area contributed by atoms with E-state index in [9.17, 15) is 23.7 Å². The minimum Gasteiger partial charge on any atom is -0.484 e. The molecule has 2 heterocycles. The number of carbonyl (C=O) groups excluding carboxylic acids is 2. The Morgan fingerprint density at radius 1 is 1.33 bits per heavy atom. The smallest absolute Gasteiger partial charge is 0.327 e. The van der Waals surface area contributed by atoms with Crippen LogP contribution < -0.4 is 10.1 Å². The van der Waals surface area contributed by atoms with E-state index in [1.54, 1.807) is 24.3 Å². The van der Waals surface area contributed by atoms with Gasteiger partial charge in [-0.15, -0.1) is 0 Å². The lowest BCUT2D eigenvalue weighted by Gasteiger charge is -2.42. The molecule has 8 nitrogen and oxygen atoms in total. The van der Waals surface area contributed by atoms with Gasteiger partial charge in [-0.1, -0.05) is 18.2 Å². The number of nitrogens with one attached hydrogen (secondary N) is 1. The summed E-state index contributed by atoms with van der Waals surface area (Å²) in [6.07, 6.45) is 0. The van der Waals surface area contributed by atoms with Crippen molar-refractivity contribution in [2.45, 2.75) is 29.6 Å². The number of nitrogens with zero attached hydrogens (tertiary/aromatic N) is 1. The Hall–Kier alpha value is -2.42. The van der Waals surface area contributed by atoms with Gasteiger partial charge in [0.15, 0.2) is 6.61 Å². The molecule has 24 heavy (non-hydrogen) atoms. The van der Waals surface area contributed by atoms with Crippen molar-refractivity contribution in [2.24, 2.45) is 0 Å². The second-order valence-corrected chi connectivity index (χ2v) is 7.48. The summed E-state index contributed by atoms with van der Waals surface area (Å²) < 4.78 is 17.6. The molecule has 9 heteroatoms. The third-order valence-corrected chi connectivity index (χ3v) is 6.08. The van der Waals surface area contributed by atoms with Crippen LogP contribution in [-0.4, -0.2) is 61.3 Å². The van der Waals surface area contributed by atoms with Gasteiger partial charge in [0, 0.05) is 0 Å². The zero-order chi connectivity index (χ0) is 17.4. The van der Waals surface area contributed by atoms with E-state index in [4.69, 9.17) is 4.74 Å². The van der Waals surface area contributed by atoms with Crippen molar-refractivity contribution >= 4 is 28.6 Å². The first kappa shape index (κ1) is 16.4. The third kappa shape index (κ3) is 2.64. The van der Waals surface area contributed by atoms with Crippen LogP contribution in [0.15, 0.2) is 30.3 Å². The second-order valence-electron chi connectivity index (χ2n) is 5.60. The highest BCUT2D eigenvalue weighted by molar-refractivity contribution is 7.86. The number of fused-ring (bicyclic) bond motifs is 1. The number of para-hydroxylation sites is 1. The molecule has 0 bridgehead atoms. The maximum atomic E-state index is 12.3. The van der Waals surface area contributed by atoms with E-state index in [1.165, 1.54) is 6.92 Å². The van der Waals surface area contributed by atoms with Crippen LogP contribution in [0.4, 0.5) is 0 Å². The highest BCUT2D eigenvalue weighted by Crippen LogP contribution is 2.37. The van der Waals surface area contributed by atoms with Crippen molar-refractivity contribution in [3.8, 4) is 5.75 Å². The molecule has 2 fully saturated rings. The summed E-state index contributed by atoms with van der Waals surface area (Å²) in [5, 5.41) is 10.2. The predicted octanol–water partition coefficient (Wildman–Crippen LogP) is -0.677. The SMILES string of the molecule is C[C@H]1[C@H](C(=O)O)N2C(=O)[C@@H](NC(=O)COc3ccccc3)[C@H]2[S@]1=O. The Morgan fingerprint density at radius 3 is 2.62 bits per heavy atom. The van der Waals surface area contributed by atoms with Crippen molar-refractivity contribution in [1.29, 1.82) is 0 Å². The van der Waals surface area contributed by atoms with Gasteiger partial charge in [-0.3, -0.25) is 13.8 Å². The lowest BCUT2D eigenvalue weighted by atomic mass is 10.0. The summed E-state index contributed by atoms with van der Waals surface area (Å²) in [4.78, 5) is 36.4. The van der Waals surface area contributed by atoms with E-state index in [1.807, 2.05) is 6.07 Å². The Kier molecular flexibility index (Phi) is 4.27. The lowest BCUT2D eigenvalue weighted by Crippen LogP contribution is -2.71. The third-order valence-electron chi connectivity index (χ3n) is 4.11. The van der Waals surface area contributed by atoms with E-state index in [-0.39, 0.29) is 6.61 Å². The Bertz CT molecular complexity index is 709. The number of ether oxygens (including phenoxy) is 1. The summed E-state index contributed by atoms with van der Waals surface area (Å²) in [7, 11) is -1.54. The predicted molar refractivity (Wildman–Crippen MR) is 83.5 cm³/mol. The molecular formula is C15H16N2O6S. The molecule has 5 atom stereocenters. The Morgan fingerprint density at radius 2 is 2.00 bits per heavy atom. The molecule has 2 amide bonds. The number of hydrogen-bond donors (Lipinski definition) is 2. The Balaban J connectivity index is 1.61. The van der Waals surface area contributed by atoms with Gasteiger partial charge < -0.3 is 20.1 Å². The molecule has 0 spiro atoms. The van der Waals surface area contributed by atoms with Gasteiger partial charge in [0.2, 0.25) is 5.91 Å². The van der Waals surface area contributed by atoms with Crippen LogP contribution in [0.25, 0.3) is 0 Å². The quantitative estimate of drug-likeness (QED) is 0.679. The van der Waals surface area contributed by atoms with Crippen molar-refractivity contribution in [2.75, 3.05) is 6.61 Å². The van der Waals surface area contributed by atoms with E-state index in [0.717, 1.165) is 4.90 Å². The number of hydrogen-bond acceptors (Lipinski definition) is 5. The van der Waals surface area contributed by atoms with Crippen LogP contribution >= 0.6 is 0 Å². The van der Waals surface area contributed by atoms with Gasteiger partial charge >= 0.3 is 5.97 Å². The molecule has 3 rings (SSSR count). The van der Waals surface area contributed by atoms with Crippen molar-refractivity contribution in [3.05, 3.63) is 30.3 Å². The fourth-order valence-corrected chi connectivity index (χ4v) is 4.79. The Labute approximate surface area is 140 Å². The molecule has 1 aromatic rings. The van der Waals surface area contributed by atoms with Crippen LogP contribution in [0.1, 0.15) is 6.92 Å². The summed E-state index contributed by atoms with van der Waals surface area (Å²) in [5.74, 6) is -1.74. The number of aliphatic carboxylic acids is 1. The molecule has 0 aliphatic carbocycles. The summed E-state index contributed by atoms with van der Waals surface area (Å²) in [6.45, 7) is 1.24. The van der Waals surface area contributed by atoms with E-state index in [2.05, 4.69) is 5.32 Å². The number of benzene rings is 1. The first-order chi connectivity index (χ1) is 11.4. The molecule has 2 N–H and O–H groups in total. The summed E-state index contributed by atoms with van der Waals surface area (Å²) in [6, 6.07) is 6.63. The molecule has 0 saturated carbocycles. The average molecular weight is 352 g/mol. The van der Waals surface area contributed by atoms with Gasteiger partial charge in [0.05, 0.1) is 16.0 Å². The van der Waals surface area contributed by atoms with Gasteiger partial charge in [-0.05, 0) is 19.1 Å². The fourth-order valence-electron chi connectivity index (χ4n) is 2.93. The van der Waals surface area contributed by atoms with Crippen LogP contribution in [-0.2, 0) is 25.2 Å². The normalized spacial score (nSPS) is 31.1. The standard InChI is InChI=1S/C15H16N2O6S/c1-8-12(15(20)21)17-13(19)11(14(17)24(8)22)16-10(18)7-23-9-5-3-2-4-6-9/h2-6,8,11-12,14H,7H2,1H3,(H,16,18)(H,20,21)/t8-,11+,12+,14+,24-/m0/s1. The van der Waals surface area contributed by atoms with E-state index < -0.39 is 51.3 Å². The van der Waals surface area contributed by atoms with Crippen LogP contribution in [0.5, 0.6) is 5.75 Å². The molecule has 128 valence electrons. The first-order valence-corrected chi connectivity index (χ1v) is 8.61. The number of carbonyl (C=O) groups is 3. The summed E-state index contributed by atoms with van der Waals surface area (Å²) >= 11 is 0. The minimum absolute atomic E-state index is 0.287. The first-order valence-electron chi connectivity index (χ1n) is 7.33. The highest BCUT2D eigenvalue weighted by Gasteiger charge is 2.63. The van der Waals surface area contributed by atoms with E-state index in [0.29, 0.717) is 5.75 Å². The summed E-state index contributed by atoms with van der Waals surface area (Å²) in [5.41, 5.74) is 0. The number of amides is 2. The average Bonchev–Trinajstić information content (AvgIpc) is 2.81. The number of carboxylic acids is 1. The molecule has 0 aromatic heterocycles. The minimum atomic E-state index is -1.54. The largest absolute Gasteiger partial charge is 0.484 e. The fraction of sp³-hybridized carbons (Fsp3) is 0.400. The van der Waals surface area contributed by atoms with Crippen LogP contribution in [0, 0.1) is 0 Å². The van der Waals surface area contributed by atoms with Crippen LogP contribution in [0.2, 0.25) is 0 Å². The topological polar surface area (TPSA) is 113 Å². The molecule has 2 aliphatic rings. The van der Waals surface area contributed by atoms with Gasteiger partial charge in [0.1, 0.15) is 23.2 Å². The van der Waals surface area contributed by atoms with Crippen molar-refractivity contribution < 1.29 is 28.4 Å². The molecule has 0 unspecified atom stereocenters. The molecule has 0 radical (unpaired) electrons. The van der Waals surface area contributed by atoms with Crippen molar-refractivity contribution in [1.82, 2.24) is 10.2 Å². The molecule has 2 aliphatic heterocycles. The van der Waals surface area contributed by atoms with Gasteiger partial charge in [-0.25, -0.2) is 4.79 Å². The second kappa shape index (κ2) is 6.23. The maximum absolute atomic E-state index is 12.3. The zero-order valence-corrected chi connectivity index (χ0v) is 13.6. The van der Waals surface area contributed by atoms with Crippen molar-refractivity contribution in [3.63, 3.8) is 0 Å². The van der Waals surface area contributed by atoms with Crippen LogP contribution in [0.3, 0.4) is 0 Å². The maximum Gasteiger partial charge on any atom is 0.327 e. The van der Waals surface area contributed by atoms with Gasteiger partial charge in [0.25, 0.3) is 5.91 Å². The monoisotopic (exact) mass is 352 g/mol. The van der Waals surface area contributed by atoms with E-state index >= 15 is 0 Å². The molecular weight excluding hydrogens is 336 g/mol. The number of rotatable bonds is 5. The zero-order valence-electron chi connectivity index (χ0n) is 12.7. The highest BCUT2D eigenvalue weighted by atomic mass is 32.2. The lowest BCUT2D eigenvalue weighted by molar-refractivity contribution is -0.160. The number of carboxylic acid groups (broad SMARTS) is 1. The number of β-lactam (4-membered cyclic amide) rings is 1. The van der Waals surface area contributed by atoms with Gasteiger partial charge in [-0.2, -0.15) is 0 Å².